The molecule has 0 aliphatic carbocycles. The Morgan fingerprint density at radius 2 is 1.39 bits per heavy atom. The van der Waals surface area contributed by atoms with Crippen molar-refractivity contribution >= 4 is 0 Å². The number of hydrogen-bond acceptors (Lipinski definition) is 1. The van der Waals surface area contributed by atoms with Gasteiger partial charge in [-0.3, -0.25) is 0 Å². The van der Waals surface area contributed by atoms with Crippen LogP contribution in [0.15, 0.2) is 54.6 Å². The van der Waals surface area contributed by atoms with Crippen molar-refractivity contribution in [2.24, 2.45) is 0 Å². The lowest BCUT2D eigenvalue weighted by Crippen LogP contribution is -2.18. The molecule has 0 bridgehead atoms. The molecule has 0 aliphatic heterocycles. The number of rotatable bonds is 4. The summed E-state index contributed by atoms with van der Waals surface area (Å²) in [7, 11) is 0. The summed E-state index contributed by atoms with van der Waals surface area (Å²) >= 11 is 0. The summed E-state index contributed by atoms with van der Waals surface area (Å²) in [5.74, 6) is 0.935. The van der Waals surface area contributed by atoms with Gasteiger partial charge in [0.15, 0.2) is 0 Å². The molecule has 0 atom stereocenters. The van der Waals surface area contributed by atoms with Crippen LogP contribution in [0.2, 0.25) is 0 Å². The standard InChI is InChI=1S/C17H20O/c1-4-18-16-12-10-15(11-13-16)17(2,3)14-8-6-5-7-9-14/h5-13H,4H2,1-3H3. The largest absolute Gasteiger partial charge is 0.494 e. The number of benzene rings is 2. The van der Waals surface area contributed by atoms with E-state index in [0.29, 0.717) is 6.61 Å². The van der Waals surface area contributed by atoms with Crippen molar-refractivity contribution < 1.29 is 4.74 Å². The molecule has 2 aromatic carbocycles. The van der Waals surface area contributed by atoms with E-state index in [1.54, 1.807) is 0 Å². The molecule has 1 heteroatoms. The quantitative estimate of drug-likeness (QED) is 0.769. The molecule has 0 radical (unpaired) electrons. The molecular formula is C17H20O. The van der Waals surface area contributed by atoms with E-state index in [-0.39, 0.29) is 5.41 Å². The van der Waals surface area contributed by atoms with Crippen LogP contribution in [0.1, 0.15) is 31.9 Å². The first-order valence-electron chi connectivity index (χ1n) is 6.43. The van der Waals surface area contributed by atoms with E-state index in [0.717, 1.165) is 5.75 Å². The number of hydrogen-bond donors (Lipinski definition) is 0. The van der Waals surface area contributed by atoms with E-state index in [1.165, 1.54) is 11.1 Å². The molecule has 0 aromatic heterocycles. The van der Waals surface area contributed by atoms with Crippen LogP contribution in [0.4, 0.5) is 0 Å². The van der Waals surface area contributed by atoms with Gasteiger partial charge in [-0.15, -0.1) is 0 Å². The highest BCUT2D eigenvalue weighted by atomic mass is 16.5. The zero-order valence-electron chi connectivity index (χ0n) is 11.3. The summed E-state index contributed by atoms with van der Waals surface area (Å²) in [5.41, 5.74) is 2.65. The molecule has 0 amide bonds. The Labute approximate surface area is 109 Å². The van der Waals surface area contributed by atoms with Gasteiger partial charge in [-0.25, -0.2) is 0 Å². The second-order valence-electron chi connectivity index (χ2n) is 4.95. The van der Waals surface area contributed by atoms with Crippen LogP contribution < -0.4 is 4.74 Å². The zero-order chi connectivity index (χ0) is 13.0. The highest BCUT2D eigenvalue weighted by molar-refractivity contribution is 5.39. The van der Waals surface area contributed by atoms with Crippen LogP contribution in [-0.4, -0.2) is 6.61 Å². The maximum atomic E-state index is 5.48. The lowest BCUT2D eigenvalue weighted by Gasteiger charge is -2.26. The van der Waals surface area contributed by atoms with Crippen molar-refractivity contribution in [3.05, 3.63) is 65.7 Å². The molecule has 1 nitrogen and oxygen atoms in total. The van der Waals surface area contributed by atoms with E-state index in [1.807, 2.05) is 19.1 Å². The van der Waals surface area contributed by atoms with E-state index in [2.05, 4.69) is 56.3 Å². The average molecular weight is 240 g/mol. The third kappa shape index (κ3) is 2.56. The van der Waals surface area contributed by atoms with Crippen LogP contribution >= 0.6 is 0 Å². The summed E-state index contributed by atoms with van der Waals surface area (Å²) in [6.45, 7) is 7.21. The van der Waals surface area contributed by atoms with Gasteiger partial charge in [-0.1, -0.05) is 56.3 Å². The van der Waals surface area contributed by atoms with Gasteiger partial charge >= 0.3 is 0 Å². The van der Waals surface area contributed by atoms with Gasteiger partial charge in [0, 0.05) is 5.41 Å². The van der Waals surface area contributed by atoms with Gasteiger partial charge in [0.1, 0.15) is 5.75 Å². The van der Waals surface area contributed by atoms with Crippen molar-refractivity contribution in [1.29, 1.82) is 0 Å². The third-order valence-corrected chi connectivity index (χ3v) is 3.38. The predicted octanol–water partition coefficient (Wildman–Crippen LogP) is 4.41. The average Bonchev–Trinajstić information content (AvgIpc) is 2.41. The maximum Gasteiger partial charge on any atom is 0.119 e. The van der Waals surface area contributed by atoms with E-state index < -0.39 is 0 Å². The highest BCUT2D eigenvalue weighted by Crippen LogP contribution is 2.32. The minimum absolute atomic E-state index is 0.0198. The maximum absolute atomic E-state index is 5.48. The summed E-state index contributed by atoms with van der Waals surface area (Å²) in [4.78, 5) is 0. The Morgan fingerprint density at radius 1 is 0.833 bits per heavy atom. The van der Waals surface area contributed by atoms with Crippen LogP contribution in [0, 0.1) is 0 Å². The van der Waals surface area contributed by atoms with E-state index in [4.69, 9.17) is 4.74 Å². The molecule has 18 heavy (non-hydrogen) atoms. The lowest BCUT2D eigenvalue weighted by molar-refractivity contribution is 0.340. The lowest BCUT2D eigenvalue weighted by atomic mass is 9.78. The van der Waals surface area contributed by atoms with Gasteiger partial charge in [0.05, 0.1) is 6.61 Å². The fraction of sp³-hybridized carbons (Fsp3) is 0.294. The first kappa shape index (κ1) is 12.7. The molecular weight excluding hydrogens is 220 g/mol. The van der Waals surface area contributed by atoms with Gasteiger partial charge in [0.2, 0.25) is 0 Å². The minimum atomic E-state index is 0.0198. The van der Waals surface area contributed by atoms with Gasteiger partial charge in [0.25, 0.3) is 0 Å². The van der Waals surface area contributed by atoms with Gasteiger partial charge < -0.3 is 4.74 Å². The van der Waals surface area contributed by atoms with E-state index >= 15 is 0 Å². The van der Waals surface area contributed by atoms with Crippen molar-refractivity contribution in [2.45, 2.75) is 26.2 Å². The van der Waals surface area contributed by atoms with Crippen LogP contribution in [0.3, 0.4) is 0 Å². The second-order valence-corrected chi connectivity index (χ2v) is 4.95. The summed E-state index contributed by atoms with van der Waals surface area (Å²) in [6.07, 6.45) is 0. The first-order chi connectivity index (χ1) is 8.64. The fourth-order valence-corrected chi connectivity index (χ4v) is 2.16. The minimum Gasteiger partial charge on any atom is -0.494 e. The monoisotopic (exact) mass is 240 g/mol. The molecule has 0 saturated carbocycles. The van der Waals surface area contributed by atoms with Crippen LogP contribution in [0.25, 0.3) is 0 Å². The molecule has 0 fully saturated rings. The highest BCUT2D eigenvalue weighted by Gasteiger charge is 2.22. The van der Waals surface area contributed by atoms with E-state index in [9.17, 15) is 0 Å². The summed E-state index contributed by atoms with van der Waals surface area (Å²) < 4.78 is 5.48. The Hall–Kier alpha value is -1.76. The molecule has 0 aliphatic rings. The molecule has 0 saturated heterocycles. The van der Waals surface area contributed by atoms with Crippen LogP contribution in [-0.2, 0) is 5.41 Å². The van der Waals surface area contributed by atoms with Gasteiger partial charge in [-0.2, -0.15) is 0 Å². The van der Waals surface area contributed by atoms with Crippen molar-refractivity contribution in [1.82, 2.24) is 0 Å². The second kappa shape index (κ2) is 5.26. The molecule has 0 heterocycles. The summed E-state index contributed by atoms with van der Waals surface area (Å²) in [5, 5.41) is 0. The number of ether oxygens (including phenoxy) is 1. The molecule has 0 N–H and O–H groups in total. The molecule has 0 unspecified atom stereocenters. The Balaban J connectivity index is 2.30. The van der Waals surface area contributed by atoms with Gasteiger partial charge in [-0.05, 0) is 30.2 Å². The zero-order valence-corrected chi connectivity index (χ0v) is 11.3. The fourth-order valence-electron chi connectivity index (χ4n) is 2.16. The molecule has 0 spiro atoms. The topological polar surface area (TPSA) is 9.23 Å². The first-order valence-corrected chi connectivity index (χ1v) is 6.43. The van der Waals surface area contributed by atoms with Crippen molar-refractivity contribution in [2.75, 3.05) is 6.61 Å². The van der Waals surface area contributed by atoms with Crippen molar-refractivity contribution in [3.8, 4) is 5.75 Å². The normalized spacial score (nSPS) is 11.3. The molecule has 94 valence electrons. The molecule has 2 aromatic rings. The smallest absolute Gasteiger partial charge is 0.119 e. The SMILES string of the molecule is CCOc1ccc(C(C)(C)c2ccccc2)cc1. The third-order valence-electron chi connectivity index (χ3n) is 3.38. The Morgan fingerprint density at radius 3 is 1.94 bits per heavy atom. The van der Waals surface area contributed by atoms with Crippen molar-refractivity contribution in [3.63, 3.8) is 0 Å². The Bertz CT molecular complexity index is 483. The predicted molar refractivity (Wildman–Crippen MR) is 76.2 cm³/mol. The van der Waals surface area contributed by atoms with Crippen LogP contribution in [0.5, 0.6) is 5.75 Å². The Kier molecular flexibility index (Phi) is 3.71. The molecule has 2 rings (SSSR count). The summed E-state index contributed by atoms with van der Waals surface area (Å²) in [6, 6.07) is 19.0.